The van der Waals surface area contributed by atoms with Crippen molar-refractivity contribution in [2.24, 2.45) is 5.92 Å². The van der Waals surface area contributed by atoms with Crippen LogP contribution in [-0.2, 0) is 24.2 Å². The topological polar surface area (TPSA) is 119 Å². The molecule has 0 aromatic heterocycles. The highest BCUT2D eigenvalue weighted by molar-refractivity contribution is 7.91. The molecular weight excluding hydrogens is 348 g/mol. The first-order valence-corrected chi connectivity index (χ1v) is 10.6. The fourth-order valence-corrected chi connectivity index (χ4v) is 5.11. The fraction of sp³-hybridized carbons (Fsp3) is 0.812. The Balaban J connectivity index is 1.70. The third kappa shape index (κ3) is 6.64. The van der Waals surface area contributed by atoms with Gasteiger partial charge in [-0.25, -0.2) is 13.2 Å². The number of urea groups is 1. The van der Waals surface area contributed by atoms with E-state index in [2.05, 4.69) is 10.6 Å². The van der Waals surface area contributed by atoms with Gasteiger partial charge in [-0.1, -0.05) is 19.3 Å². The van der Waals surface area contributed by atoms with E-state index in [0.717, 1.165) is 32.1 Å². The quantitative estimate of drug-likeness (QED) is 0.690. The predicted octanol–water partition coefficient (Wildman–Crippen LogP) is 0.901. The minimum atomic E-state index is -3.06. The lowest BCUT2D eigenvalue weighted by Gasteiger charge is -2.23. The molecule has 0 spiro atoms. The molecule has 142 valence electrons. The standard InChI is InChI=1S/C16H26N2O6S/c1-11(24-14(19)9-12-7-8-25(22,23)10-12)15(20)18-16(21)17-13-5-3-2-4-6-13/h11-13H,2-10H2,1H3,(H2,17,18,20,21). The third-order valence-electron chi connectivity index (χ3n) is 4.64. The van der Waals surface area contributed by atoms with Crippen molar-refractivity contribution in [3.8, 4) is 0 Å². The first-order chi connectivity index (χ1) is 11.7. The number of imide groups is 1. The van der Waals surface area contributed by atoms with Gasteiger partial charge in [-0.05, 0) is 32.1 Å². The first kappa shape index (κ1) is 19.7. The third-order valence-corrected chi connectivity index (χ3v) is 6.47. The average molecular weight is 374 g/mol. The predicted molar refractivity (Wildman–Crippen MR) is 90.5 cm³/mol. The van der Waals surface area contributed by atoms with Gasteiger partial charge in [0.25, 0.3) is 5.91 Å². The second-order valence-corrected chi connectivity index (χ2v) is 9.13. The summed E-state index contributed by atoms with van der Waals surface area (Å²) in [4.78, 5) is 35.6. The summed E-state index contributed by atoms with van der Waals surface area (Å²) in [6.07, 6.45) is 4.36. The number of nitrogens with one attached hydrogen (secondary N) is 2. The number of amides is 3. The molecule has 2 fully saturated rings. The van der Waals surface area contributed by atoms with Crippen molar-refractivity contribution in [1.82, 2.24) is 10.6 Å². The van der Waals surface area contributed by atoms with Crippen LogP contribution in [0.2, 0.25) is 0 Å². The highest BCUT2D eigenvalue weighted by Crippen LogP contribution is 2.22. The van der Waals surface area contributed by atoms with Crippen molar-refractivity contribution in [3.63, 3.8) is 0 Å². The second-order valence-electron chi connectivity index (χ2n) is 6.90. The van der Waals surface area contributed by atoms with E-state index in [-0.39, 0.29) is 29.9 Å². The Morgan fingerprint density at radius 1 is 1.12 bits per heavy atom. The van der Waals surface area contributed by atoms with Gasteiger partial charge in [-0.15, -0.1) is 0 Å². The van der Waals surface area contributed by atoms with Crippen LogP contribution in [-0.4, -0.2) is 50.0 Å². The van der Waals surface area contributed by atoms with E-state index >= 15 is 0 Å². The number of esters is 1. The molecule has 0 aromatic carbocycles. The number of carbonyl (C=O) groups is 3. The van der Waals surface area contributed by atoms with Crippen molar-refractivity contribution < 1.29 is 27.5 Å². The summed E-state index contributed by atoms with van der Waals surface area (Å²) < 4.78 is 27.8. The number of rotatable bonds is 5. The Labute approximate surface area is 148 Å². The zero-order valence-corrected chi connectivity index (χ0v) is 15.3. The molecule has 2 unspecified atom stereocenters. The van der Waals surface area contributed by atoms with Crippen LogP contribution in [0.15, 0.2) is 0 Å². The molecule has 0 radical (unpaired) electrons. The largest absolute Gasteiger partial charge is 0.453 e. The van der Waals surface area contributed by atoms with Crippen LogP contribution in [0.1, 0.15) is 51.9 Å². The molecule has 1 saturated heterocycles. The Hall–Kier alpha value is -1.64. The lowest BCUT2D eigenvalue weighted by atomic mass is 9.96. The van der Waals surface area contributed by atoms with Crippen molar-refractivity contribution in [1.29, 1.82) is 0 Å². The molecule has 1 aliphatic carbocycles. The van der Waals surface area contributed by atoms with E-state index in [1.165, 1.54) is 6.92 Å². The fourth-order valence-electron chi connectivity index (χ4n) is 3.25. The molecule has 2 aliphatic rings. The Morgan fingerprint density at radius 3 is 2.40 bits per heavy atom. The lowest BCUT2D eigenvalue weighted by molar-refractivity contribution is -0.155. The zero-order chi connectivity index (χ0) is 18.4. The van der Waals surface area contributed by atoms with Crippen LogP contribution in [0, 0.1) is 5.92 Å². The van der Waals surface area contributed by atoms with E-state index in [0.29, 0.717) is 6.42 Å². The summed E-state index contributed by atoms with van der Waals surface area (Å²) >= 11 is 0. The van der Waals surface area contributed by atoms with E-state index in [9.17, 15) is 22.8 Å². The Morgan fingerprint density at radius 2 is 1.80 bits per heavy atom. The van der Waals surface area contributed by atoms with Gasteiger partial charge in [0.1, 0.15) is 0 Å². The molecule has 25 heavy (non-hydrogen) atoms. The maximum absolute atomic E-state index is 11.9. The molecular formula is C16H26N2O6S. The molecule has 2 atom stereocenters. The Bertz CT molecular complexity index is 612. The number of hydrogen-bond acceptors (Lipinski definition) is 6. The van der Waals surface area contributed by atoms with Crippen molar-refractivity contribution in [2.75, 3.05) is 11.5 Å². The highest BCUT2D eigenvalue weighted by atomic mass is 32.2. The summed E-state index contributed by atoms with van der Waals surface area (Å²) in [5.74, 6) is -1.52. The maximum Gasteiger partial charge on any atom is 0.321 e. The monoisotopic (exact) mass is 374 g/mol. The minimum Gasteiger partial charge on any atom is -0.453 e. The van der Waals surface area contributed by atoms with Gasteiger partial charge in [0.05, 0.1) is 11.5 Å². The maximum atomic E-state index is 11.9. The number of sulfone groups is 1. The van der Waals surface area contributed by atoms with Gasteiger partial charge in [-0.3, -0.25) is 14.9 Å². The molecule has 1 aliphatic heterocycles. The molecule has 1 saturated carbocycles. The van der Waals surface area contributed by atoms with Crippen LogP contribution in [0.3, 0.4) is 0 Å². The van der Waals surface area contributed by atoms with Crippen LogP contribution >= 0.6 is 0 Å². The number of ether oxygens (including phenoxy) is 1. The molecule has 1 heterocycles. The van der Waals surface area contributed by atoms with E-state index in [1.807, 2.05) is 0 Å². The summed E-state index contributed by atoms with van der Waals surface area (Å²) in [5.41, 5.74) is 0. The number of hydrogen-bond donors (Lipinski definition) is 2. The molecule has 0 aromatic rings. The van der Waals surface area contributed by atoms with Gasteiger partial charge >= 0.3 is 12.0 Å². The van der Waals surface area contributed by atoms with Crippen molar-refractivity contribution in [2.45, 2.75) is 64.0 Å². The number of carbonyl (C=O) groups excluding carboxylic acids is 3. The van der Waals surface area contributed by atoms with Crippen LogP contribution in [0.4, 0.5) is 4.79 Å². The lowest BCUT2D eigenvalue weighted by Crippen LogP contribution is -2.48. The molecule has 2 N–H and O–H groups in total. The van der Waals surface area contributed by atoms with E-state index < -0.39 is 33.8 Å². The highest BCUT2D eigenvalue weighted by Gasteiger charge is 2.31. The van der Waals surface area contributed by atoms with Gasteiger partial charge in [0.2, 0.25) is 0 Å². The second kappa shape index (κ2) is 8.64. The summed E-state index contributed by atoms with van der Waals surface area (Å²) in [6, 6.07) is -0.509. The molecule has 8 nitrogen and oxygen atoms in total. The smallest absolute Gasteiger partial charge is 0.321 e. The average Bonchev–Trinajstić information content (AvgIpc) is 2.86. The van der Waals surface area contributed by atoms with Crippen LogP contribution in [0.25, 0.3) is 0 Å². The zero-order valence-electron chi connectivity index (χ0n) is 14.5. The SMILES string of the molecule is CC(OC(=O)CC1CCS(=O)(=O)C1)C(=O)NC(=O)NC1CCCCC1. The molecule has 9 heteroatoms. The van der Waals surface area contributed by atoms with Gasteiger partial charge in [0.15, 0.2) is 15.9 Å². The Kier molecular flexibility index (Phi) is 6.80. The minimum absolute atomic E-state index is 0.0214. The summed E-state index contributed by atoms with van der Waals surface area (Å²) in [5, 5.41) is 4.92. The first-order valence-electron chi connectivity index (χ1n) is 8.76. The normalized spacial score (nSPS) is 24.3. The van der Waals surface area contributed by atoms with E-state index in [1.54, 1.807) is 0 Å². The van der Waals surface area contributed by atoms with Gasteiger partial charge < -0.3 is 10.1 Å². The van der Waals surface area contributed by atoms with Crippen LogP contribution in [0.5, 0.6) is 0 Å². The van der Waals surface area contributed by atoms with Crippen molar-refractivity contribution in [3.05, 3.63) is 0 Å². The molecule has 3 amide bonds. The van der Waals surface area contributed by atoms with Gasteiger partial charge in [-0.2, -0.15) is 0 Å². The molecule has 2 rings (SSSR count). The summed E-state index contributed by atoms with van der Waals surface area (Å²) in [6.45, 7) is 1.38. The van der Waals surface area contributed by atoms with Crippen molar-refractivity contribution >= 4 is 27.7 Å². The van der Waals surface area contributed by atoms with E-state index in [4.69, 9.17) is 4.74 Å². The summed E-state index contributed by atoms with van der Waals surface area (Å²) in [7, 11) is -3.06. The molecule has 0 bridgehead atoms. The van der Waals surface area contributed by atoms with Gasteiger partial charge in [0, 0.05) is 12.5 Å². The van der Waals surface area contributed by atoms with Crippen LogP contribution < -0.4 is 10.6 Å².